The van der Waals surface area contributed by atoms with Gasteiger partial charge in [-0.3, -0.25) is 4.72 Å². The summed E-state index contributed by atoms with van der Waals surface area (Å²) in [5.74, 6) is -0.678. The van der Waals surface area contributed by atoms with E-state index in [0.717, 1.165) is 0 Å². The van der Waals surface area contributed by atoms with Crippen LogP contribution in [0.5, 0.6) is 0 Å². The molecule has 0 saturated carbocycles. The van der Waals surface area contributed by atoms with E-state index in [-0.39, 0.29) is 17.3 Å². The van der Waals surface area contributed by atoms with Crippen LogP contribution in [0.1, 0.15) is 5.56 Å². The van der Waals surface area contributed by atoms with Crippen molar-refractivity contribution in [3.8, 4) is 0 Å². The van der Waals surface area contributed by atoms with Gasteiger partial charge < -0.3 is 10.3 Å². The van der Waals surface area contributed by atoms with Gasteiger partial charge in [-0.1, -0.05) is 6.07 Å². The van der Waals surface area contributed by atoms with Crippen molar-refractivity contribution in [2.75, 3.05) is 4.72 Å². The summed E-state index contributed by atoms with van der Waals surface area (Å²) in [4.78, 5) is 3.72. The average Bonchev–Trinajstić information content (AvgIpc) is 2.79. The molecule has 1 aromatic heterocycles. The lowest BCUT2D eigenvalue weighted by Crippen LogP contribution is -2.14. The quantitative estimate of drug-likeness (QED) is 0.869. The Balaban J connectivity index is 2.30. The molecular weight excluding hydrogens is 271 g/mol. The van der Waals surface area contributed by atoms with Gasteiger partial charge in [-0.05, 0) is 17.7 Å². The van der Waals surface area contributed by atoms with E-state index in [4.69, 9.17) is 5.73 Å². The molecule has 0 spiro atoms. The van der Waals surface area contributed by atoms with Crippen molar-refractivity contribution in [3.63, 3.8) is 0 Å². The summed E-state index contributed by atoms with van der Waals surface area (Å²) in [6.45, 7) is 0.185. The number of nitrogens with two attached hydrogens (primary N) is 1. The van der Waals surface area contributed by atoms with Crippen LogP contribution in [0.3, 0.4) is 0 Å². The van der Waals surface area contributed by atoms with Crippen LogP contribution in [-0.2, 0) is 23.6 Å². The molecule has 0 radical (unpaired) electrons. The van der Waals surface area contributed by atoms with Crippen molar-refractivity contribution in [3.05, 3.63) is 42.1 Å². The zero-order valence-electron chi connectivity index (χ0n) is 10.2. The van der Waals surface area contributed by atoms with E-state index in [1.807, 2.05) is 0 Å². The molecule has 19 heavy (non-hydrogen) atoms. The number of hydrogen-bond acceptors (Lipinski definition) is 4. The van der Waals surface area contributed by atoms with Crippen LogP contribution in [0.15, 0.2) is 35.7 Å². The third kappa shape index (κ3) is 2.91. The largest absolute Gasteiger partial charge is 0.339 e. The maximum atomic E-state index is 13.7. The smallest absolute Gasteiger partial charge is 0.281 e. The maximum Gasteiger partial charge on any atom is 0.281 e. The zero-order chi connectivity index (χ0) is 14.0. The number of imidazole rings is 1. The predicted molar refractivity (Wildman–Crippen MR) is 68.3 cm³/mol. The molecule has 0 unspecified atom stereocenters. The molecule has 2 rings (SSSR count). The fourth-order valence-corrected chi connectivity index (χ4v) is 2.54. The number of halogens is 1. The lowest BCUT2D eigenvalue weighted by molar-refractivity contribution is 0.595. The molecule has 2 aromatic rings. The lowest BCUT2D eigenvalue weighted by atomic mass is 10.2. The first-order valence-electron chi connectivity index (χ1n) is 5.41. The van der Waals surface area contributed by atoms with Gasteiger partial charge >= 0.3 is 0 Å². The predicted octanol–water partition coefficient (Wildman–Crippen LogP) is 0.819. The SMILES string of the molecule is Cn1cnc(S(=O)(=O)Nc2ccc(CN)cc2F)c1. The number of nitrogens with zero attached hydrogens (tertiary/aromatic N) is 2. The minimum absolute atomic E-state index is 0.136. The van der Waals surface area contributed by atoms with Crippen LogP contribution in [0.4, 0.5) is 10.1 Å². The molecule has 0 bridgehead atoms. The molecule has 0 aliphatic carbocycles. The molecular formula is C11H13FN4O2S. The number of aromatic nitrogens is 2. The van der Waals surface area contributed by atoms with Gasteiger partial charge in [0.05, 0.1) is 12.0 Å². The van der Waals surface area contributed by atoms with Crippen molar-refractivity contribution in [1.29, 1.82) is 0 Å². The molecule has 102 valence electrons. The molecule has 3 N–H and O–H groups in total. The summed E-state index contributed by atoms with van der Waals surface area (Å²) < 4.78 is 41.2. The number of hydrogen-bond donors (Lipinski definition) is 2. The number of sulfonamides is 1. The van der Waals surface area contributed by atoms with Gasteiger partial charge in [0.25, 0.3) is 10.0 Å². The number of aryl methyl sites for hydroxylation is 1. The van der Waals surface area contributed by atoms with Crippen molar-refractivity contribution in [2.45, 2.75) is 11.6 Å². The zero-order valence-corrected chi connectivity index (χ0v) is 11.0. The van der Waals surface area contributed by atoms with E-state index >= 15 is 0 Å². The summed E-state index contributed by atoms with van der Waals surface area (Å²) >= 11 is 0. The fraction of sp³-hybridized carbons (Fsp3) is 0.182. The van der Waals surface area contributed by atoms with Gasteiger partial charge in [-0.25, -0.2) is 9.37 Å². The summed E-state index contributed by atoms with van der Waals surface area (Å²) in [7, 11) is -2.25. The standard InChI is InChI=1S/C11H13FN4O2S/c1-16-6-11(14-7-16)19(17,18)15-10-3-2-8(5-13)4-9(10)12/h2-4,6-7,15H,5,13H2,1H3. The Morgan fingerprint density at radius 1 is 1.47 bits per heavy atom. The van der Waals surface area contributed by atoms with E-state index in [0.29, 0.717) is 5.56 Å². The van der Waals surface area contributed by atoms with Crippen LogP contribution < -0.4 is 10.5 Å². The summed E-state index contributed by atoms with van der Waals surface area (Å²) in [5.41, 5.74) is 5.82. The number of rotatable bonds is 4. The van der Waals surface area contributed by atoms with Gasteiger partial charge in [0, 0.05) is 19.8 Å². The van der Waals surface area contributed by atoms with Crippen LogP contribution >= 0.6 is 0 Å². The van der Waals surface area contributed by atoms with Gasteiger partial charge in [0.2, 0.25) is 0 Å². The van der Waals surface area contributed by atoms with E-state index in [9.17, 15) is 12.8 Å². The highest BCUT2D eigenvalue weighted by Gasteiger charge is 2.18. The van der Waals surface area contributed by atoms with E-state index < -0.39 is 15.8 Å². The summed E-state index contributed by atoms with van der Waals surface area (Å²) in [5, 5.41) is -0.169. The Labute approximate surface area is 110 Å². The van der Waals surface area contributed by atoms with Crippen molar-refractivity contribution < 1.29 is 12.8 Å². The molecule has 1 aromatic carbocycles. The monoisotopic (exact) mass is 284 g/mol. The second kappa shape index (κ2) is 4.98. The van der Waals surface area contributed by atoms with E-state index in [1.54, 1.807) is 13.1 Å². The summed E-state index contributed by atoms with van der Waals surface area (Å²) in [6, 6.07) is 4.08. The average molecular weight is 284 g/mol. The van der Waals surface area contributed by atoms with Gasteiger partial charge in [0.1, 0.15) is 5.82 Å². The molecule has 8 heteroatoms. The Morgan fingerprint density at radius 3 is 2.74 bits per heavy atom. The van der Waals surface area contributed by atoms with Gasteiger partial charge in [-0.15, -0.1) is 0 Å². The summed E-state index contributed by atoms with van der Waals surface area (Å²) in [6.07, 6.45) is 2.68. The lowest BCUT2D eigenvalue weighted by Gasteiger charge is -2.07. The van der Waals surface area contributed by atoms with Crippen molar-refractivity contribution >= 4 is 15.7 Å². The first kappa shape index (κ1) is 13.5. The second-order valence-electron chi connectivity index (χ2n) is 4.00. The van der Waals surface area contributed by atoms with Crippen LogP contribution in [0.25, 0.3) is 0 Å². The number of nitrogens with one attached hydrogen (secondary N) is 1. The number of benzene rings is 1. The second-order valence-corrected chi connectivity index (χ2v) is 5.63. The van der Waals surface area contributed by atoms with Crippen LogP contribution in [-0.4, -0.2) is 18.0 Å². The van der Waals surface area contributed by atoms with Gasteiger partial charge in [-0.2, -0.15) is 8.42 Å². The molecule has 0 amide bonds. The van der Waals surface area contributed by atoms with E-state index in [1.165, 1.54) is 29.2 Å². The number of anilines is 1. The van der Waals surface area contributed by atoms with Gasteiger partial charge in [0.15, 0.2) is 5.03 Å². The Morgan fingerprint density at radius 2 is 2.21 bits per heavy atom. The maximum absolute atomic E-state index is 13.7. The Kier molecular flexibility index (Phi) is 3.54. The normalized spacial score (nSPS) is 11.5. The van der Waals surface area contributed by atoms with Crippen molar-refractivity contribution in [1.82, 2.24) is 9.55 Å². The molecule has 1 heterocycles. The highest BCUT2D eigenvalue weighted by molar-refractivity contribution is 7.92. The Bertz CT molecular complexity index is 696. The first-order valence-corrected chi connectivity index (χ1v) is 6.90. The Hall–Kier alpha value is -1.93. The molecule has 0 atom stereocenters. The molecule has 0 aliphatic rings. The van der Waals surface area contributed by atoms with Crippen LogP contribution in [0, 0.1) is 5.82 Å². The third-order valence-corrected chi connectivity index (χ3v) is 3.72. The van der Waals surface area contributed by atoms with Crippen LogP contribution in [0.2, 0.25) is 0 Å². The highest BCUT2D eigenvalue weighted by atomic mass is 32.2. The molecule has 0 fully saturated rings. The minimum atomic E-state index is -3.89. The van der Waals surface area contributed by atoms with E-state index in [2.05, 4.69) is 9.71 Å². The minimum Gasteiger partial charge on any atom is -0.339 e. The molecule has 0 aliphatic heterocycles. The topological polar surface area (TPSA) is 90.0 Å². The van der Waals surface area contributed by atoms with Crippen molar-refractivity contribution in [2.24, 2.45) is 12.8 Å². The highest BCUT2D eigenvalue weighted by Crippen LogP contribution is 2.19. The molecule has 0 saturated heterocycles. The molecule has 6 nitrogen and oxygen atoms in total. The first-order chi connectivity index (χ1) is 8.92. The fourth-order valence-electron chi connectivity index (χ4n) is 1.49. The third-order valence-electron chi connectivity index (χ3n) is 2.47.